The van der Waals surface area contributed by atoms with Crippen LogP contribution in [-0.2, 0) is 10.0 Å². The first-order valence-corrected chi connectivity index (χ1v) is 10.7. The van der Waals surface area contributed by atoms with Crippen LogP contribution in [0, 0.1) is 11.8 Å². The topological polar surface area (TPSA) is 92.5 Å². The molecule has 2 aliphatic carbocycles. The molecule has 0 saturated heterocycles. The molecule has 1 heterocycles. The van der Waals surface area contributed by atoms with Gasteiger partial charge in [0.1, 0.15) is 9.77 Å². The Balaban J connectivity index is 1.81. The van der Waals surface area contributed by atoms with Crippen LogP contribution in [0.2, 0.25) is 0 Å². The molecule has 2 bridgehead atoms. The number of fused-ring (bicyclic) bond motifs is 2. The molecule has 8 heteroatoms. The zero-order valence-electron chi connectivity index (χ0n) is 14.1. The van der Waals surface area contributed by atoms with Gasteiger partial charge in [-0.05, 0) is 49.0 Å². The summed E-state index contributed by atoms with van der Waals surface area (Å²) in [7, 11) is -0.667. The van der Waals surface area contributed by atoms with Crippen molar-refractivity contribution in [3.63, 3.8) is 0 Å². The van der Waals surface area contributed by atoms with Gasteiger partial charge < -0.3 is 11.1 Å². The predicted molar refractivity (Wildman–Crippen MR) is 94.5 cm³/mol. The lowest BCUT2D eigenvalue weighted by Gasteiger charge is -2.45. The largest absolute Gasteiger partial charge is 0.348 e. The number of nitrogens with one attached hydrogen (secondary N) is 1. The fourth-order valence-electron chi connectivity index (χ4n) is 4.10. The van der Waals surface area contributed by atoms with Crippen LogP contribution >= 0.6 is 11.3 Å². The predicted octanol–water partition coefficient (Wildman–Crippen LogP) is 1.63. The van der Waals surface area contributed by atoms with E-state index >= 15 is 0 Å². The summed E-state index contributed by atoms with van der Waals surface area (Å²) in [6.45, 7) is 0. The Hall–Kier alpha value is -0.960. The molecule has 2 aliphatic rings. The van der Waals surface area contributed by atoms with Gasteiger partial charge in [-0.1, -0.05) is 6.42 Å². The molecule has 0 aliphatic heterocycles. The van der Waals surface area contributed by atoms with Crippen molar-refractivity contribution in [1.82, 2.24) is 9.62 Å². The van der Waals surface area contributed by atoms with Crippen LogP contribution in [0.15, 0.2) is 16.3 Å². The quantitative estimate of drug-likeness (QED) is 0.841. The summed E-state index contributed by atoms with van der Waals surface area (Å²) in [6, 6.07) is 1.84. The maximum Gasteiger partial charge on any atom is 0.262 e. The Bertz CT molecular complexity index is 700. The summed E-state index contributed by atoms with van der Waals surface area (Å²) in [4.78, 5) is 13.1. The second-order valence-electron chi connectivity index (χ2n) is 7.08. The van der Waals surface area contributed by atoms with E-state index in [1.54, 1.807) is 5.38 Å². The first-order chi connectivity index (χ1) is 11.3. The Morgan fingerprint density at radius 1 is 1.29 bits per heavy atom. The van der Waals surface area contributed by atoms with Crippen molar-refractivity contribution in [3.05, 3.63) is 16.3 Å². The third kappa shape index (κ3) is 3.24. The number of thiophene rings is 1. The fourth-order valence-corrected chi connectivity index (χ4v) is 6.30. The number of hydrogen-bond donors (Lipinski definition) is 2. The van der Waals surface area contributed by atoms with Gasteiger partial charge in [0, 0.05) is 26.2 Å². The number of amides is 1. The van der Waals surface area contributed by atoms with Gasteiger partial charge in [0.2, 0.25) is 10.0 Å². The van der Waals surface area contributed by atoms with Gasteiger partial charge in [0.05, 0.1) is 0 Å². The smallest absolute Gasteiger partial charge is 0.262 e. The normalized spacial score (nSPS) is 30.3. The van der Waals surface area contributed by atoms with E-state index in [1.165, 1.54) is 37.9 Å². The van der Waals surface area contributed by atoms with Gasteiger partial charge in [-0.2, -0.15) is 0 Å². The van der Waals surface area contributed by atoms with Crippen molar-refractivity contribution >= 4 is 27.3 Å². The van der Waals surface area contributed by atoms with Crippen molar-refractivity contribution in [2.75, 3.05) is 14.1 Å². The van der Waals surface area contributed by atoms with Gasteiger partial charge in [-0.3, -0.25) is 4.79 Å². The zero-order valence-corrected chi connectivity index (χ0v) is 15.7. The van der Waals surface area contributed by atoms with Gasteiger partial charge >= 0.3 is 0 Å². The van der Waals surface area contributed by atoms with Crippen molar-refractivity contribution in [2.24, 2.45) is 17.6 Å². The van der Waals surface area contributed by atoms with Crippen LogP contribution in [0.5, 0.6) is 0 Å². The number of hydrogen-bond acceptors (Lipinski definition) is 5. The maximum atomic E-state index is 12.8. The molecule has 2 unspecified atom stereocenters. The van der Waals surface area contributed by atoms with E-state index in [1.807, 2.05) is 0 Å². The molecule has 0 radical (unpaired) electrons. The summed E-state index contributed by atoms with van der Waals surface area (Å²) in [6.07, 6.45) is 5.24. The van der Waals surface area contributed by atoms with Crippen LogP contribution in [0.4, 0.5) is 0 Å². The van der Waals surface area contributed by atoms with Crippen molar-refractivity contribution in [3.8, 4) is 0 Å². The van der Waals surface area contributed by atoms with Crippen LogP contribution in [0.1, 0.15) is 41.8 Å². The van der Waals surface area contributed by atoms with E-state index in [0.29, 0.717) is 11.8 Å². The van der Waals surface area contributed by atoms with E-state index in [4.69, 9.17) is 5.73 Å². The minimum absolute atomic E-state index is 0.0904. The van der Waals surface area contributed by atoms with Crippen LogP contribution in [0.25, 0.3) is 0 Å². The van der Waals surface area contributed by atoms with Crippen molar-refractivity contribution < 1.29 is 13.2 Å². The highest BCUT2D eigenvalue weighted by Gasteiger charge is 2.40. The van der Waals surface area contributed by atoms with Crippen molar-refractivity contribution in [1.29, 1.82) is 0 Å². The van der Waals surface area contributed by atoms with Crippen LogP contribution in [-0.4, -0.2) is 44.8 Å². The van der Waals surface area contributed by atoms with Crippen LogP contribution < -0.4 is 11.1 Å². The summed E-state index contributed by atoms with van der Waals surface area (Å²) >= 11 is 1.18. The maximum absolute atomic E-state index is 12.8. The molecule has 1 aromatic rings. The SMILES string of the molecule is CN(C)S(=O)(=O)c1ccsc1C(=O)NC1C2CCCC1CC(N)C2. The Morgan fingerprint density at radius 3 is 2.50 bits per heavy atom. The number of nitrogens with two attached hydrogens (primary N) is 1. The lowest BCUT2D eigenvalue weighted by Crippen LogP contribution is -2.53. The number of rotatable bonds is 4. The number of nitrogens with zero attached hydrogens (tertiary/aromatic N) is 1. The number of carbonyl (C=O) groups excluding carboxylic acids is 1. The van der Waals surface area contributed by atoms with E-state index < -0.39 is 10.0 Å². The molecular weight excluding hydrogens is 346 g/mol. The third-order valence-corrected chi connectivity index (χ3v) is 8.17. The lowest BCUT2D eigenvalue weighted by molar-refractivity contribution is 0.0757. The first-order valence-electron chi connectivity index (χ1n) is 8.37. The first kappa shape index (κ1) is 17.8. The standard InChI is InChI=1S/C16H25N3O3S2/c1-19(2)24(21,22)13-6-7-23-15(13)16(20)18-14-10-4-3-5-11(14)9-12(17)8-10/h6-7,10-12,14H,3-5,8-9,17H2,1-2H3,(H,18,20). The summed E-state index contributed by atoms with van der Waals surface area (Å²) in [5.41, 5.74) is 6.13. The number of sulfonamides is 1. The molecule has 3 rings (SSSR count). The molecular formula is C16H25N3O3S2. The van der Waals surface area contributed by atoms with Gasteiger partial charge in [-0.15, -0.1) is 11.3 Å². The highest BCUT2D eigenvalue weighted by molar-refractivity contribution is 7.89. The monoisotopic (exact) mass is 371 g/mol. The van der Waals surface area contributed by atoms with E-state index in [0.717, 1.165) is 30.0 Å². The average Bonchev–Trinajstić information content (AvgIpc) is 2.98. The summed E-state index contributed by atoms with van der Waals surface area (Å²) in [5, 5.41) is 4.78. The lowest BCUT2D eigenvalue weighted by atomic mass is 9.67. The van der Waals surface area contributed by atoms with E-state index in [-0.39, 0.29) is 27.8 Å². The third-order valence-electron chi connectivity index (χ3n) is 5.27. The Labute approximate surface area is 147 Å². The van der Waals surface area contributed by atoms with E-state index in [2.05, 4.69) is 5.32 Å². The van der Waals surface area contributed by atoms with Gasteiger partial charge in [-0.25, -0.2) is 12.7 Å². The minimum atomic E-state index is -3.61. The molecule has 6 nitrogen and oxygen atoms in total. The van der Waals surface area contributed by atoms with Crippen LogP contribution in [0.3, 0.4) is 0 Å². The Kier molecular flexibility index (Phi) is 5.01. The Morgan fingerprint density at radius 2 is 1.92 bits per heavy atom. The van der Waals surface area contributed by atoms with E-state index in [9.17, 15) is 13.2 Å². The molecule has 2 saturated carbocycles. The van der Waals surface area contributed by atoms with Gasteiger partial charge in [0.25, 0.3) is 5.91 Å². The molecule has 3 N–H and O–H groups in total. The second kappa shape index (κ2) is 6.74. The highest BCUT2D eigenvalue weighted by atomic mass is 32.2. The molecule has 1 aromatic heterocycles. The minimum Gasteiger partial charge on any atom is -0.348 e. The molecule has 134 valence electrons. The second-order valence-corrected chi connectivity index (χ2v) is 10.1. The average molecular weight is 372 g/mol. The molecule has 2 fully saturated rings. The zero-order chi connectivity index (χ0) is 17.5. The molecule has 1 amide bonds. The molecule has 0 spiro atoms. The molecule has 0 aromatic carbocycles. The van der Waals surface area contributed by atoms with Crippen molar-refractivity contribution in [2.45, 2.75) is 49.1 Å². The van der Waals surface area contributed by atoms with Gasteiger partial charge in [0.15, 0.2) is 0 Å². The molecule has 24 heavy (non-hydrogen) atoms. The fraction of sp³-hybridized carbons (Fsp3) is 0.688. The molecule has 2 atom stereocenters. The highest BCUT2D eigenvalue weighted by Crippen LogP contribution is 2.40. The number of carbonyl (C=O) groups is 1. The summed E-state index contributed by atoms with van der Waals surface area (Å²) in [5.74, 6) is 0.540. The summed E-state index contributed by atoms with van der Waals surface area (Å²) < 4.78 is 25.9.